The van der Waals surface area contributed by atoms with E-state index in [4.69, 9.17) is 0 Å². The number of fused-ring (bicyclic) bond motifs is 1. The highest BCUT2D eigenvalue weighted by Gasteiger charge is 2.44. The minimum atomic E-state index is -0.478. The van der Waals surface area contributed by atoms with Crippen LogP contribution < -0.4 is 0 Å². The van der Waals surface area contributed by atoms with Crippen LogP contribution >= 0.6 is 0 Å². The third-order valence-corrected chi connectivity index (χ3v) is 7.64. The van der Waals surface area contributed by atoms with Gasteiger partial charge in [-0.15, -0.1) is 11.8 Å². The summed E-state index contributed by atoms with van der Waals surface area (Å²) in [7, 11) is 0. The molecule has 0 aromatic heterocycles. The van der Waals surface area contributed by atoms with Gasteiger partial charge in [0, 0.05) is 12.3 Å². The van der Waals surface area contributed by atoms with Gasteiger partial charge in [-0.2, -0.15) is 0 Å². The molecule has 0 spiro atoms. The predicted molar refractivity (Wildman–Crippen MR) is 125 cm³/mol. The van der Waals surface area contributed by atoms with Gasteiger partial charge in [-0.3, -0.25) is 0 Å². The highest BCUT2D eigenvalue weighted by Crippen LogP contribution is 2.50. The van der Waals surface area contributed by atoms with Crippen molar-refractivity contribution in [3.05, 3.63) is 23.8 Å². The Morgan fingerprint density at radius 2 is 1.97 bits per heavy atom. The quantitative estimate of drug-likeness (QED) is 0.320. The Bertz CT molecular complexity index is 637. The van der Waals surface area contributed by atoms with Gasteiger partial charge in [0.1, 0.15) is 0 Å². The Hall–Kier alpha value is -1.08. The zero-order valence-corrected chi connectivity index (χ0v) is 19.2. The number of nitrogens with zero attached hydrogens (tertiary/aromatic N) is 1. The van der Waals surface area contributed by atoms with Crippen LogP contribution in [0.2, 0.25) is 0 Å². The van der Waals surface area contributed by atoms with Crippen LogP contribution in [0, 0.1) is 35.5 Å². The van der Waals surface area contributed by atoms with Gasteiger partial charge in [-0.05, 0) is 95.7 Å². The Kier molecular flexibility index (Phi) is 9.50. The van der Waals surface area contributed by atoms with E-state index in [1.165, 1.54) is 64.6 Å². The lowest BCUT2D eigenvalue weighted by molar-refractivity contribution is 0.137. The first-order chi connectivity index (χ1) is 14.6. The fraction of sp³-hybridized carbons (Fsp3) is 0.778. The Labute approximate surface area is 184 Å². The number of hydrogen-bond donors (Lipinski definition) is 2. The summed E-state index contributed by atoms with van der Waals surface area (Å²) in [6.45, 7) is 7.76. The topological polar surface area (TPSA) is 43.7 Å². The summed E-state index contributed by atoms with van der Waals surface area (Å²) in [6, 6.07) is 0. The molecule has 3 nitrogen and oxygen atoms in total. The minimum Gasteiger partial charge on any atom is -0.392 e. The Balaban J connectivity index is 1.42. The second-order valence-electron chi connectivity index (χ2n) is 9.96. The molecule has 6 atom stereocenters. The van der Waals surface area contributed by atoms with E-state index in [1.807, 2.05) is 19.9 Å². The zero-order chi connectivity index (χ0) is 21.3. The summed E-state index contributed by atoms with van der Waals surface area (Å²) >= 11 is 0. The predicted octanol–water partition coefficient (Wildman–Crippen LogP) is 4.94. The normalized spacial score (nSPS) is 32.9. The fourth-order valence-electron chi connectivity index (χ4n) is 5.72. The van der Waals surface area contributed by atoms with Crippen LogP contribution in [0.5, 0.6) is 0 Å². The molecule has 2 saturated carbocycles. The molecule has 3 rings (SSSR count). The third-order valence-electron chi connectivity index (χ3n) is 7.64. The molecule has 30 heavy (non-hydrogen) atoms. The van der Waals surface area contributed by atoms with Crippen molar-refractivity contribution in [2.24, 2.45) is 23.7 Å². The van der Waals surface area contributed by atoms with Gasteiger partial charge in [0.2, 0.25) is 0 Å². The smallest absolute Gasteiger partial charge is 0.0755 e. The SMILES string of the molecule is CC#CC[C@@H](C)[C@H](O)/C=C/[C@@H]1[C@H]2C/C(=C/CCCCN3CCCCC3)C[C@H]2C[C@H]1O. The number of unbranched alkanes of at least 4 members (excludes halogenated alkanes) is 2. The molecule has 1 heterocycles. The van der Waals surface area contributed by atoms with Crippen molar-refractivity contribution >= 4 is 0 Å². The molecule has 0 bridgehead atoms. The largest absolute Gasteiger partial charge is 0.392 e. The Morgan fingerprint density at radius 1 is 1.17 bits per heavy atom. The maximum atomic E-state index is 10.6. The van der Waals surface area contributed by atoms with Gasteiger partial charge in [-0.1, -0.05) is 37.1 Å². The number of piperidine rings is 1. The van der Waals surface area contributed by atoms with Crippen molar-refractivity contribution in [3.8, 4) is 11.8 Å². The van der Waals surface area contributed by atoms with Crippen LogP contribution in [0.3, 0.4) is 0 Å². The molecule has 0 aromatic rings. The van der Waals surface area contributed by atoms with Crippen molar-refractivity contribution in [2.45, 2.75) is 90.3 Å². The summed E-state index contributed by atoms with van der Waals surface area (Å²) < 4.78 is 0. The van der Waals surface area contributed by atoms with Gasteiger partial charge in [0.15, 0.2) is 0 Å². The van der Waals surface area contributed by atoms with E-state index in [2.05, 4.69) is 28.9 Å². The molecule has 3 aliphatic rings. The molecule has 0 amide bonds. The average Bonchev–Trinajstić information content (AvgIpc) is 3.27. The number of likely N-dealkylation sites (tertiary alicyclic amines) is 1. The number of rotatable bonds is 9. The van der Waals surface area contributed by atoms with E-state index < -0.39 is 6.10 Å². The van der Waals surface area contributed by atoms with Crippen molar-refractivity contribution in [3.63, 3.8) is 0 Å². The second-order valence-corrected chi connectivity index (χ2v) is 9.96. The van der Waals surface area contributed by atoms with E-state index in [0.717, 1.165) is 12.8 Å². The lowest BCUT2D eigenvalue weighted by atomic mass is 9.89. The van der Waals surface area contributed by atoms with Crippen molar-refractivity contribution in [1.29, 1.82) is 0 Å². The molecule has 1 aliphatic heterocycles. The van der Waals surface area contributed by atoms with Gasteiger partial charge in [0.25, 0.3) is 0 Å². The van der Waals surface area contributed by atoms with Gasteiger partial charge in [-0.25, -0.2) is 0 Å². The standard InChI is InChI=1S/C27H43NO2/c1-3-4-11-21(2)26(29)14-13-24-25-19-22(18-23(25)20-27(24)30)12-7-5-8-15-28-16-9-6-10-17-28/h12-14,21,23-27,29-30H,5-11,15-20H2,1-2H3/b14-13+,22-12+/t21-,23+,24-,25+,26-,27-/m1/s1. The molecule has 2 aliphatic carbocycles. The average molecular weight is 414 g/mol. The van der Waals surface area contributed by atoms with Crippen LogP contribution in [0.1, 0.15) is 78.1 Å². The molecular formula is C27H43NO2. The first-order valence-corrected chi connectivity index (χ1v) is 12.4. The van der Waals surface area contributed by atoms with E-state index >= 15 is 0 Å². The number of aliphatic hydroxyl groups excluding tert-OH is 2. The maximum Gasteiger partial charge on any atom is 0.0755 e. The van der Waals surface area contributed by atoms with Crippen LogP contribution in [0.25, 0.3) is 0 Å². The number of allylic oxidation sites excluding steroid dienone is 2. The third kappa shape index (κ3) is 6.71. The first-order valence-electron chi connectivity index (χ1n) is 12.4. The van der Waals surface area contributed by atoms with E-state index in [1.54, 1.807) is 5.57 Å². The zero-order valence-electron chi connectivity index (χ0n) is 19.2. The minimum absolute atomic E-state index is 0.131. The van der Waals surface area contributed by atoms with Gasteiger partial charge < -0.3 is 15.1 Å². The maximum absolute atomic E-state index is 10.6. The summed E-state index contributed by atoms with van der Waals surface area (Å²) in [6.07, 6.45) is 17.7. The molecule has 1 saturated heterocycles. The Morgan fingerprint density at radius 3 is 2.73 bits per heavy atom. The van der Waals surface area contributed by atoms with Crippen molar-refractivity contribution in [1.82, 2.24) is 4.90 Å². The lowest BCUT2D eigenvalue weighted by Gasteiger charge is -2.26. The molecule has 0 unspecified atom stereocenters. The number of aliphatic hydroxyl groups is 2. The molecule has 2 N–H and O–H groups in total. The van der Waals surface area contributed by atoms with E-state index in [-0.39, 0.29) is 17.9 Å². The van der Waals surface area contributed by atoms with Crippen molar-refractivity contribution < 1.29 is 10.2 Å². The monoisotopic (exact) mass is 413 g/mol. The van der Waals surface area contributed by atoms with Gasteiger partial charge >= 0.3 is 0 Å². The molecule has 0 aromatic carbocycles. The van der Waals surface area contributed by atoms with E-state index in [0.29, 0.717) is 18.3 Å². The van der Waals surface area contributed by atoms with Crippen LogP contribution in [0.15, 0.2) is 23.8 Å². The summed E-state index contributed by atoms with van der Waals surface area (Å²) in [4.78, 5) is 2.64. The molecule has 0 radical (unpaired) electrons. The first kappa shape index (κ1) is 23.6. The highest BCUT2D eigenvalue weighted by atomic mass is 16.3. The summed E-state index contributed by atoms with van der Waals surface area (Å²) in [5.74, 6) is 7.45. The van der Waals surface area contributed by atoms with Crippen molar-refractivity contribution in [2.75, 3.05) is 19.6 Å². The summed E-state index contributed by atoms with van der Waals surface area (Å²) in [5.41, 5.74) is 1.61. The summed E-state index contributed by atoms with van der Waals surface area (Å²) in [5, 5.41) is 21.0. The second kappa shape index (κ2) is 12.1. The molecular weight excluding hydrogens is 370 g/mol. The fourth-order valence-corrected chi connectivity index (χ4v) is 5.72. The number of hydrogen-bond acceptors (Lipinski definition) is 3. The lowest BCUT2D eigenvalue weighted by Crippen LogP contribution is -2.30. The van der Waals surface area contributed by atoms with Crippen LogP contribution in [-0.4, -0.2) is 47.0 Å². The molecule has 3 heteroatoms. The molecule has 168 valence electrons. The van der Waals surface area contributed by atoms with E-state index in [9.17, 15) is 10.2 Å². The van der Waals surface area contributed by atoms with Crippen LogP contribution in [-0.2, 0) is 0 Å². The van der Waals surface area contributed by atoms with Gasteiger partial charge in [0.05, 0.1) is 12.2 Å². The molecule has 3 fully saturated rings. The highest BCUT2D eigenvalue weighted by molar-refractivity contribution is 5.18. The van der Waals surface area contributed by atoms with Crippen LogP contribution in [0.4, 0.5) is 0 Å².